The largest absolute Gasteiger partial charge is 0.469 e. The van der Waals surface area contributed by atoms with E-state index in [0.717, 1.165) is 15.9 Å². The predicted octanol–water partition coefficient (Wildman–Crippen LogP) is 1.09. The summed E-state index contributed by atoms with van der Waals surface area (Å²) >= 11 is 0. The third-order valence-electron chi connectivity index (χ3n) is 6.30. The Morgan fingerprint density at radius 3 is 2.67 bits per heavy atom. The van der Waals surface area contributed by atoms with E-state index in [1.165, 1.54) is 7.11 Å². The number of imide groups is 1. The van der Waals surface area contributed by atoms with Crippen LogP contribution in [0.2, 0.25) is 0 Å². The van der Waals surface area contributed by atoms with Crippen LogP contribution < -0.4 is 10.6 Å². The second-order valence-corrected chi connectivity index (χ2v) is 8.51. The van der Waals surface area contributed by atoms with Crippen LogP contribution in [0.3, 0.4) is 0 Å². The first-order chi connectivity index (χ1) is 15.8. The molecule has 33 heavy (non-hydrogen) atoms. The minimum atomic E-state index is -1.02. The highest BCUT2D eigenvalue weighted by Gasteiger charge is 2.53. The van der Waals surface area contributed by atoms with Gasteiger partial charge >= 0.3 is 12.0 Å². The number of para-hydroxylation sites is 2. The van der Waals surface area contributed by atoms with E-state index in [4.69, 9.17) is 0 Å². The van der Waals surface area contributed by atoms with Gasteiger partial charge in [-0.25, -0.2) is 9.78 Å². The van der Waals surface area contributed by atoms with Crippen molar-refractivity contribution in [2.75, 3.05) is 38.6 Å². The fraction of sp³-hybridized carbons (Fsp3) is 0.500. The van der Waals surface area contributed by atoms with E-state index >= 15 is 0 Å². The van der Waals surface area contributed by atoms with Crippen molar-refractivity contribution in [1.82, 2.24) is 25.1 Å². The van der Waals surface area contributed by atoms with E-state index in [1.807, 2.05) is 24.3 Å². The molecule has 11 heteroatoms. The number of carbonyl (C=O) groups is 4. The number of aromatic amines is 1. The summed E-state index contributed by atoms with van der Waals surface area (Å²) in [6, 6.07) is 7.17. The zero-order valence-corrected chi connectivity index (χ0v) is 18.7. The highest BCUT2D eigenvalue weighted by molar-refractivity contribution is 6.07. The van der Waals surface area contributed by atoms with Gasteiger partial charge in [-0.3, -0.25) is 19.3 Å². The van der Waals surface area contributed by atoms with Crippen LogP contribution in [0.5, 0.6) is 0 Å². The maximum atomic E-state index is 13.0. The Kier molecular flexibility index (Phi) is 6.21. The topological polar surface area (TPSA) is 137 Å². The van der Waals surface area contributed by atoms with Gasteiger partial charge < -0.3 is 25.3 Å². The van der Waals surface area contributed by atoms with E-state index in [1.54, 1.807) is 11.8 Å². The summed E-state index contributed by atoms with van der Waals surface area (Å²) in [7, 11) is 1.27. The Bertz CT molecular complexity index is 1040. The maximum absolute atomic E-state index is 13.0. The number of likely N-dealkylation sites (tertiary alicyclic amines) is 1. The Labute approximate surface area is 190 Å². The highest BCUT2D eigenvalue weighted by Crippen LogP contribution is 2.30. The summed E-state index contributed by atoms with van der Waals surface area (Å²) in [5.74, 6) is -0.848. The lowest BCUT2D eigenvalue weighted by molar-refractivity contribution is -0.146. The highest BCUT2D eigenvalue weighted by atomic mass is 16.5. The summed E-state index contributed by atoms with van der Waals surface area (Å²) in [6.07, 6.45) is 0.958. The van der Waals surface area contributed by atoms with Crippen LogP contribution in [-0.4, -0.2) is 82.4 Å². The van der Waals surface area contributed by atoms with Crippen molar-refractivity contribution in [3.05, 3.63) is 24.3 Å². The van der Waals surface area contributed by atoms with Gasteiger partial charge in [0.1, 0.15) is 5.54 Å². The number of H-pyrrole nitrogens is 1. The number of carbonyl (C=O) groups excluding carboxylic acids is 4. The molecule has 0 radical (unpaired) electrons. The average Bonchev–Trinajstić information content (AvgIpc) is 3.33. The number of esters is 1. The van der Waals surface area contributed by atoms with Gasteiger partial charge in [0.05, 0.1) is 24.1 Å². The molecule has 0 saturated carbocycles. The van der Waals surface area contributed by atoms with Gasteiger partial charge in [-0.2, -0.15) is 0 Å². The number of methoxy groups -OCH3 is 1. The molecule has 2 fully saturated rings. The van der Waals surface area contributed by atoms with Crippen LogP contribution in [-0.2, 0) is 19.1 Å². The second kappa shape index (κ2) is 9.08. The molecule has 4 amide bonds. The summed E-state index contributed by atoms with van der Waals surface area (Å²) < 4.78 is 4.68. The monoisotopic (exact) mass is 456 g/mol. The molecule has 2 aliphatic rings. The number of anilines is 1. The molecule has 0 bridgehead atoms. The smallest absolute Gasteiger partial charge is 0.325 e. The predicted molar refractivity (Wildman–Crippen MR) is 119 cm³/mol. The van der Waals surface area contributed by atoms with E-state index < -0.39 is 23.5 Å². The first-order valence-electron chi connectivity index (χ1n) is 11.0. The molecular weight excluding hydrogens is 428 g/mol. The minimum absolute atomic E-state index is 0.0265. The summed E-state index contributed by atoms with van der Waals surface area (Å²) in [5, 5.41) is 5.92. The quantitative estimate of drug-likeness (QED) is 0.419. The maximum Gasteiger partial charge on any atom is 0.325 e. The van der Waals surface area contributed by atoms with Gasteiger partial charge in [0.2, 0.25) is 11.9 Å². The number of rotatable bonds is 7. The number of piperidine rings is 1. The normalized spacial score (nSPS) is 18.5. The zero-order valence-electron chi connectivity index (χ0n) is 18.7. The van der Waals surface area contributed by atoms with Crippen molar-refractivity contribution in [3.8, 4) is 0 Å². The lowest BCUT2D eigenvalue weighted by Gasteiger charge is -2.37. The number of benzene rings is 1. The molecule has 1 atom stereocenters. The lowest BCUT2D eigenvalue weighted by atomic mass is 9.87. The molecule has 2 aliphatic heterocycles. The Morgan fingerprint density at radius 2 is 1.97 bits per heavy atom. The SMILES string of the molecule is COC(=O)[C@@H](C)CN1C(=O)NC2(CCN(C(=O)CCNc3nc4ccccc4[nH]3)CC2)C1=O. The standard InChI is InChI=1S/C22H28N6O5/c1-14(18(30)33-2)13-28-19(31)22(26-21(28)32)8-11-27(12-9-22)17(29)7-10-23-20-24-15-5-3-4-6-16(15)25-20/h3-6,14H,7-13H2,1-2H3,(H,26,32)(H2,23,24,25)/t14-/m0/s1. The fourth-order valence-electron chi connectivity index (χ4n) is 4.35. The van der Waals surface area contributed by atoms with E-state index in [2.05, 4.69) is 25.3 Å². The van der Waals surface area contributed by atoms with Crippen LogP contribution in [0.4, 0.5) is 10.7 Å². The fourth-order valence-corrected chi connectivity index (χ4v) is 4.35. The first-order valence-corrected chi connectivity index (χ1v) is 11.0. The second-order valence-electron chi connectivity index (χ2n) is 8.51. The van der Waals surface area contributed by atoms with E-state index in [-0.39, 0.29) is 24.8 Å². The number of urea groups is 1. The van der Waals surface area contributed by atoms with Crippen LogP contribution in [0.15, 0.2) is 24.3 Å². The Balaban J connectivity index is 1.27. The summed E-state index contributed by atoms with van der Waals surface area (Å²) in [6.45, 7) is 2.74. The van der Waals surface area contributed by atoms with Crippen molar-refractivity contribution in [2.24, 2.45) is 5.92 Å². The molecular formula is C22H28N6O5. The van der Waals surface area contributed by atoms with Gasteiger partial charge in [0.25, 0.3) is 5.91 Å². The molecule has 0 unspecified atom stereocenters. The third-order valence-corrected chi connectivity index (χ3v) is 6.30. The van der Waals surface area contributed by atoms with Crippen LogP contribution in [0, 0.1) is 5.92 Å². The van der Waals surface area contributed by atoms with Crippen molar-refractivity contribution >= 4 is 40.8 Å². The number of fused-ring (bicyclic) bond motifs is 1. The molecule has 11 nitrogen and oxygen atoms in total. The molecule has 2 aromatic rings. The molecule has 4 rings (SSSR count). The number of amides is 4. The van der Waals surface area contributed by atoms with Crippen molar-refractivity contribution < 1.29 is 23.9 Å². The zero-order chi connectivity index (χ0) is 23.6. The number of hydrogen-bond donors (Lipinski definition) is 3. The Hall–Kier alpha value is -3.63. The molecule has 1 aromatic heterocycles. The van der Waals surface area contributed by atoms with Crippen LogP contribution in [0.25, 0.3) is 11.0 Å². The van der Waals surface area contributed by atoms with Crippen molar-refractivity contribution in [2.45, 2.75) is 31.7 Å². The first kappa shape index (κ1) is 22.6. The molecule has 176 valence electrons. The van der Waals surface area contributed by atoms with Crippen LogP contribution >= 0.6 is 0 Å². The number of hydrogen-bond acceptors (Lipinski definition) is 7. The average molecular weight is 457 g/mol. The number of nitrogens with one attached hydrogen (secondary N) is 3. The number of imidazole rings is 1. The lowest BCUT2D eigenvalue weighted by Crippen LogP contribution is -2.56. The van der Waals surface area contributed by atoms with E-state index in [0.29, 0.717) is 38.4 Å². The molecule has 0 aliphatic carbocycles. The van der Waals surface area contributed by atoms with Gasteiger partial charge in [0.15, 0.2) is 0 Å². The van der Waals surface area contributed by atoms with Gasteiger partial charge in [-0.15, -0.1) is 0 Å². The van der Waals surface area contributed by atoms with E-state index in [9.17, 15) is 19.2 Å². The summed E-state index contributed by atoms with van der Waals surface area (Å²) in [5.41, 5.74) is 0.757. The number of aromatic nitrogens is 2. The minimum Gasteiger partial charge on any atom is -0.469 e. The molecule has 1 spiro atoms. The number of nitrogens with zero attached hydrogens (tertiary/aromatic N) is 3. The third kappa shape index (κ3) is 4.48. The van der Waals surface area contributed by atoms with Gasteiger partial charge in [-0.05, 0) is 25.0 Å². The summed E-state index contributed by atoms with van der Waals surface area (Å²) in [4.78, 5) is 60.1. The molecule has 3 heterocycles. The molecule has 2 saturated heterocycles. The van der Waals surface area contributed by atoms with Crippen molar-refractivity contribution in [1.29, 1.82) is 0 Å². The van der Waals surface area contributed by atoms with Gasteiger partial charge in [-0.1, -0.05) is 19.1 Å². The van der Waals surface area contributed by atoms with Crippen molar-refractivity contribution in [3.63, 3.8) is 0 Å². The number of ether oxygens (including phenoxy) is 1. The van der Waals surface area contributed by atoms with Gasteiger partial charge in [0, 0.05) is 32.6 Å². The molecule has 1 aromatic carbocycles. The Morgan fingerprint density at radius 1 is 1.24 bits per heavy atom. The van der Waals surface area contributed by atoms with Crippen LogP contribution in [0.1, 0.15) is 26.2 Å². The molecule has 3 N–H and O–H groups in total.